The first-order valence-corrected chi connectivity index (χ1v) is 10.8. The third-order valence-corrected chi connectivity index (χ3v) is 6.85. The first-order valence-electron chi connectivity index (χ1n) is 6.22. The molecule has 0 spiro atoms. The molecule has 22 heavy (non-hydrogen) atoms. The summed E-state index contributed by atoms with van der Waals surface area (Å²) in [6.45, 7) is 0.211. The summed E-state index contributed by atoms with van der Waals surface area (Å²) < 4.78 is 50.1. The highest BCUT2D eigenvalue weighted by molar-refractivity contribution is 7.91. The number of hydrogen-bond acceptors (Lipinski definition) is 5. The van der Waals surface area contributed by atoms with Gasteiger partial charge in [-0.25, -0.2) is 21.6 Å². The largest absolute Gasteiger partial charge is 0.242 e. The van der Waals surface area contributed by atoms with Gasteiger partial charge < -0.3 is 0 Å². The topological polar surface area (TPSA) is 80.3 Å². The molecule has 0 unspecified atom stereocenters. The van der Waals surface area contributed by atoms with E-state index in [2.05, 4.69) is 4.72 Å². The van der Waals surface area contributed by atoms with Gasteiger partial charge in [0.2, 0.25) is 10.0 Å². The van der Waals surface area contributed by atoms with E-state index < -0.39 is 19.9 Å². The Morgan fingerprint density at radius 1 is 1.18 bits per heavy atom. The van der Waals surface area contributed by atoms with Crippen LogP contribution in [0.4, 0.5) is 0 Å². The van der Waals surface area contributed by atoms with Gasteiger partial charge in [0, 0.05) is 17.7 Å². The second kappa shape index (κ2) is 6.67. The number of rotatable bonds is 6. The van der Waals surface area contributed by atoms with Crippen molar-refractivity contribution in [3.05, 3.63) is 45.6 Å². The fourth-order valence-electron chi connectivity index (χ4n) is 1.76. The minimum atomic E-state index is -3.87. The molecule has 0 radical (unpaired) electrons. The van der Waals surface area contributed by atoms with Crippen LogP contribution in [0.15, 0.2) is 45.5 Å². The zero-order valence-corrected chi connectivity index (χ0v) is 14.8. The molecule has 0 saturated carbocycles. The second-order valence-electron chi connectivity index (χ2n) is 4.59. The number of halogens is 1. The predicted molar refractivity (Wildman–Crippen MR) is 87.8 cm³/mol. The molecular formula is C13H14ClNO4S3. The molecule has 9 heteroatoms. The van der Waals surface area contributed by atoms with Gasteiger partial charge in [-0.1, -0.05) is 17.7 Å². The van der Waals surface area contributed by atoms with Crippen molar-refractivity contribution >= 4 is 42.8 Å². The number of nitrogens with one attached hydrogen (secondary N) is 1. The Hall–Kier alpha value is -0.930. The molecule has 0 aliphatic carbocycles. The minimum Gasteiger partial charge on any atom is -0.224 e. The number of sulfone groups is 1. The predicted octanol–water partition coefficient (Wildman–Crippen LogP) is 2.33. The molecule has 0 amide bonds. The van der Waals surface area contributed by atoms with Crippen molar-refractivity contribution in [3.63, 3.8) is 0 Å². The van der Waals surface area contributed by atoms with E-state index >= 15 is 0 Å². The molecule has 0 saturated heterocycles. The summed E-state index contributed by atoms with van der Waals surface area (Å²) >= 11 is 7.44. The molecule has 2 rings (SSSR count). The van der Waals surface area contributed by atoms with Gasteiger partial charge in [0.25, 0.3) is 0 Å². The lowest BCUT2D eigenvalue weighted by Gasteiger charge is -2.09. The zero-order chi connectivity index (χ0) is 16.4. The Labute approximate surface area is 138 Å². The molecule has 2 aromatic rings. The van der Waals surface area contributed by atoms with Crippen LogP contribution in [-0.2, 0) is 26.3 Å². The van der Waals surface area contributed by atoms with E-state index in [9.17, 15) is 16.8 Å². The summed E-state index contributed by atoms with van der Waals surface area (Å²) in [5.41, 5.74) is 0. The molecule has 1 aromatic heterocycles. The van der Waals surface area contributed by atoms with Crippen molar-refractivity contribution in [1.82, 2.24) is 4.72 Å². The van der Waals surface area contributed by atoms with Crippen LogP contribution in [0.1, 0.15) is 4.88 Å². The van der Waals surface area contributed by atoms with Crippen molar-refractivity contribution in [1.29, 1.82) is 0 Å². The van der Waals surface area contributed by atoms with Gasteiger partial charge in [-0.3, -0.25) is 0 Å². The zero-order valence-electron chi connectivity index (χ0n) is 11.6. The Bertz CT molecular complexity index is 859. The van der Waals surface area contributed by atoms with Crippen LogP contribution in [0.25, 0.3) is 0 Å². The summed E-state index contributed by atoms with van der Waals surface area (Å²) in [5.74, 6) is 0. The molecular weight excluding hydrogens is 366 g/mol. The molecule has 0 aliphatic heterocycles. The van der Waals surface area contributed by atoms with E-state index in [-0.39, 0.29) is 21.4 Å². The van der Waals surface area contributed by atoms with Crippen LogP contribution in [0.3, 0.4) is 0 Å². The van der Waals surface area contributed by atoms with Crippen molar-refractivity contribution in [2.24, 2.45) is 0 Å². The number of sulfonamides is 1. The number of thiophene rings is 1. The van der Waals surface area contributed by atoms with Crippen LogP contribution in [0.2, 0.25) is 5.02 Å². The Kier molecular flexibility index (Phi) is 5.29. The van der Waals surface area contributed by atoms with Gasteiger partial charge >= 0.3 is 0 Å². The lowest BCUT2D eigenvalue weighted by Crippen LogP contribution is -2.26. The lowest BCUT2D eigenvalue weighted by atomic mass is 10.3. The van der Waals surface area contributed by atoms with E-state index in [1.807, 2.05) is 17.5 Å². The molecule has 120 valence electrons. The standard InChI is InChI=1S/C13H14ClNO4S3/c1-21(16,17)11-4-5-12(14)13(9-11)22(18,19)15-7-6-10-3-2-8-20-10/h2-5,8-9,15H,6-7H2,1H3. The summed E-state index contributed by atoms with van der Waals surface area (Å²) in [6, 6.07) is 7.43. The monoisotopic (exact) mass is 379 g/mol. The first kappa shape index (κ1) is 17.4. The fraction of sp³-hybridized carbons (Fsp3) is 0.231. The van der Waals surface area contributed by atoms with Crippen LogP contribution in [0.5, 0.6) is 0 Å². The second-order valence-corrected chi connectivity index (χ2v) is 9.78. The smallest absolute Gasteiger partial charge is 0.224 e. The Balaban J connectivity index is 2.21. The van der Waals surface area contributed by atoms with Crippen LogP contribution in [-0.4, -0.2) is 29.6 Å². The maximum Gasteiger partial charge on any atom is 0.242 e. The van der Waals surface area contributed by atoms with Gasteiger partial charge in [-0.2, -0.15) is 0 Å². The van der Waals surface area contributed by atoms with Crippen molar-refractivity contribution in [2.75, 3.05) is 12.8 Å². The third-order valence-electron chi connectivity index (χ3n) is 2.86. The molecule has 1 aromatic carbocycles. The van der Waals surface area contributed by atoms with Crippen LogP contribution < -0.4 is 4.72 Å². The summed E-state index contributed by atoms with van der Waals surface area (Å²) in [4.78, 5) is 0.734. The highest BCUT2D eigenvalue weighted by atomic mass is 35.5. The summed E-state index contributed by atoms with van der Waals surface area (Å²) in [7, 11) is -7.38. The molecule has 1 heterocycles. The Morgan fingerprint density at radius 3 is 2.50 bits per heavy atom. The van der Waals surface area contributed by atoms with Crippen LogP contribution in [0, 0.1) is 0 Å². The molecule has 0 aliphatic rings. The normalized spacial score (nSPS) is 12.5. The average Bonchev–Trinajstić information content (AvgIpc) is 2.90. The maximum absolute atomic E-state index is 12.3. The highest BCUT2D eigenvalue weighted by Gasteiger charge is 2.20. The van der Waals surface area contributed by atoms with Gasteiger partial charge in [0.1, 0.15) is 4.90 Å². The van der Waals surface area contributed by atoms with E-state index in [1.165, 1.54) is 23.5 Å². The summed E-state index contributed by atoms with van der Waals surface area (Å²) in [6.07, 6.45) is 1.57. The maximum atomic E-state index is 12.3. The van der Waals surface area contributed by atoms with Crippen molar-refractivity contribution in [2.45, 2.75) is 16.2 Å². The van der Waals surface area contributed by atoms with E-state index in [0.717, 1.165) is 17.2 Å². The SMILES string of the molecule is CS(=O)(=O)c1ccc(Cl)c(S(=O)(=O)NCCc2cccs2)c1. The molecule has 1 N–H and O–H groups in total. The molecule has 5 nitrogen and oxygen atoms in total. The van der Waals surface area contributed by atoms with E-state index in [1.54, 1.807) is 0 Å². The average molecular weight is 380 g/mol. The van der Waals surface area contributed by atoms with Gasteiger partial charge in [-0.05, 0) is 36.1 Å². The lowest BCUT2D eigenvalue weighted by molar-refractivity contribution is 0.581. The van der Waals surface area contributed by atoms with E-state index in [4.69, 9.17) is 11.6 Å². The number of benzene rings is 1. The van der Waals surface area contributed by atoms with Crippen molar-refractivity contribution in [3.8, 4) is 0 Å². The quantitative estimate of drug-likeness (QED) is 0.835. The number of hydrogen-bond donors (Lipinski definition) is 1. The molecule has 0 fully saturated rings. The highest BCUT2D eigenvalue weighted by Crippen LogP contribution is 2.24. The summed E-state index contributed by atoms with van der Waals surface area (Å²) in [5, 5.41) is 1.90. The fourth-order valence-corrected chi connectivity index (χ4v) is 4.75. The van der Waals surface area contributed by atoms with Crippen LogP contribution >= 0.6 is 22.9 Å². The van der Waals surface area contributed by atoms with E-state index in [0.29, 0.717) is 6.42 Å². The first-order chi connectivity index (χ1) is 10.2. The minimum absolute atomic E-state index is 0.0176. The van der Waals surface area contributed by atoms with Gasteiger partial charge in [-0.15, -0.1) is 11.3 Å². The Morgan fingerprint density at radius 2 is 1.91 bits per heavy atom. The third kappa shape index (κ3) is 4.30. The van der Waals surface area contributed by atoms with Gasteiger partial charge in [0.15, 0.2) is 9.84 Å². The molecule has 0 atom stereocenters. The van der Waals surface area contributed by atoms with Crippen molar-refractivity contribution < 1.29 is 16.8 Å². The molecule has 0 bridgehead atoms. The van der Waals surface area contributed by atoms with Gasteiger partial charge in [0.05, 0.1) is 9.92 Å².